The normalized spacial score (nSPS) is 25.5. The van der Waals surface area contributed by atoms with E-state index >= 15 is 0 Å². The first-order valence-electron chi connectivity index (χ1n) is 4.51. The number of carbonyl (C=O) groups excluding carboxylic acids is 1. The number of Topliss-reactive ketones (excluding diaryl/α,β-unsaturated/α-hetero) is 1. The van der Waals surface area contributed by atoms with Gasteiger partial charge in [-0.15, -0.1) is 0 Å². The van der Waals surface area contributed by atoms with Crippen LogP contribution < -0.4 is 4.74 Å². The zero-order chi connectivity index (χ0) is 8.84. The number of hydrogen-bond donors (Lipinski definition) is 0. The third-order valence-electron chi connectivity index (χ3n) is 2.61. The summed E-state index contributed by atoms with van der Waals surface area (Å²) in [5.41, 5.74) is 0.701. The molecule has 0 saturated heterocycles. The molecule has 0 amide bonds. The molecule has 3 nitrogen and oxygen atoms in total. The highest BCUT2D eigenvalue weighted by molar-refractivity contribution is 6.04. The van der Waals surface area contributed by atoms with Crippen LogP contribution in [0.4, 0.5) is 0 Å². The van der Waals surface area contributed by atoms with Crippen LogP contribution in [0.3, 0.4) is 0 Å². The van der Waals surface area contributed by atoms with Gasteiger partial charge < -0.3 is 4.74 Å². The Morgan fingerprint density at radius 2 is 2.31 bits per heavy atom. The molecule has 0 radical (unpaired) electrons. The number of aromatic nitrogens is 1. The molecule has 0 bridgehead atoms. The highest BCUT2D eigenvalue weighted by Gasteiger charge is 2.43. The smallest absolute Gasteiger partial charge is 0.207 e. The van der Waals surface area contributed by atoms with Crippen LogP contribution in [-0.4, -0.2) is 16.9 Å². The van der Waals surface area contributed by atoms with E-state index in [1.54, 1.807) is 18.5 Å². The van der Waals surface area contributed by atoms with Crippen molar-refractivity contribution in [3.8, 4) is 5.75 Å². The molecule has 3 heteroatoms. The molecule has 1 aromatic rings. The van der Waals surface area contributed by atoms with Crippen LogP contribution in [0.15, 0.2) is 18.5 Å². The Labute approximate surface area is 75.7 Å². The Morgan fingerprint density at radius 3 is 3.00 bits per heavy atom. The first kappa shape index (κ1) is 7.06. The lowest BCUT2D eigenvalue weighted by Crippen LogP contribution is -2.22. The van der Waals surface area contributed by atoms with Crippen LogP contribution in [0, 0.1) is 5.92 Å². The summed E-state index contributed by atoms with van der Waals surface area (Å²) in [6.45, 7) is 0. The summed E-state index contributed by atoms with van der Waals surface area (Å²) in [5.74, 6) is 1.25. The minimum absolute atomic E-state index is 0.139. The monoisotopic (exact) mass is 175 g/mol. The van der Waals surface area contributed by atoms with Gasteiger partial charge in [-0.1, -0.05) is 0 Å². The largest absolute Gasteiger partial charge is 0.480 e. The van der Waals surface area contributed by atoms with E-state index in [9.17, 15) is 4.79 Å². The van der Waals surface area contributed by atoms with E-state index < -0.39 is 0 Å². The predicted molar refractivity (Wildman–Crippen MR) is 45.7 cm³/mol. The van der Waals surface area contributed by atoms with Crippen molar-refractivity contribution >= 4 is 5.78 Å². The summed E-state index contributed by atoms with van der Waals surface area (Å²) in [6, 6.07) is 1.74. The fraction of sp³-hybridized carbons (Fsp3) is 0.400. The Balaban J connectivity index is 2.01. The number of fused-ring (bicyclic) bond motifs is 1. The van der Waals surface area contributed by atoms with E-state index in [-0.39, 0.29) is 11.9 Å². The number of nitrogens with zero attached hydrogens (tertiary/aromatic N) is 1. The average Bonchev–Trinajstić information content (AvgIpc) is 2.94. The fourth-order valence-electron chi connectivity index (χ4n) is 1.73. The van der Waals surface area contributed by atoms with Gasteiger partial charge in [0.05, 0.1) is 11.8 Å². The van der Waals surface area contributed by atoms with Crippen molar-refractivity contribution < 1.29 is 9.53 Å². The minimum Gasteiger partial charge on any atom is -0.480 e. The molecule has 1 fully saturated rings. The maximum absolute atomic E-state index is 11.7. The van der Waals surface area contributed by atoms with E-state index in [1.807, 2.05) is 0 Å². The number of pyridine rings is 1. The molecule has 1 aliphatic carbocycles. The first-order chi connectivity index (χ1) is 6.36. The van der Waals surface area contributed by atoms with Gasteiger partial charge in [0.1, 0.15) is 5.75 Å². The van der Waals surface area contributed by atoms with Crippen molar-refractivity contribution in [1.82, 2.24) is 4.98 Å². The van der Waals surface area contributed by atoms with Gasteiger partial charge in [0, 0.05) is 12.1 Å². The number of rotatable bonds is 1. The molecule has 2 aliphatic rings. The Kier molecular flexibility index (Phi) is 1.26. The average molecular weight is 175 g/mol. The molecule has 66 valence electrons. The van der Waals surface area contributed by atoms with Crippen LogP contribution in [0.5, 0.6) is 5.75 Å². The molecule has 1 aromatic heterocycles. The van der Waals surface area contributed by atoms with Gasteiger partial charge in [0.15, 0.2) is 6.10 Å². The van der Waals surface area contributed by atoms with Crippen molar-refractivity contribution in [2.45, 2.75) is 18.9 Å². The minimum atomic E-state index is -0.209. The summed E-state index contributed by atoms with van der Waals surface area (Å²) in [7, 11) is 0. The predicted octanol–water partition coefficient (Wildman–Crippen LogP) is 1.44. The third kappa shape index (κ3) is 0.963. The summed E-state index contributed by atoms with van der Waals surface area (Å²) in [4.78, 5) is 15.7. The molecule has 2 heterocycles. The molecule has 1 unspecified atom stereocenters. The van der Waals surface area contributed by atoms with Crippen LogP contribution in [0.1, 0.15) is 23.2 Å². The molecule has 1 saturated carbocycles. The molecular weight excluding hydrogens is 166 g/mol. The zero-order valence-corrected chi connectivity index (χ0v) is 7.06. The molecule has 0 aromatic carbocycles. The van der Waals surface area contributed by atoms with Crippen LogP contribution >= 0.6 is 0 Å². The number of ketones is 1. The van der Waals surface area contributed by atoms with Gasteiger partial charge in [-0.2, -0.15) is 0 Å². The van der Waals surface area contributed by atoms with Crippen LogP contribution in [0.2, 0.25) is 0 Å². The van der Waals surface area contributed by atoms with Crippen molar-refractivity contribution in [2.24, 2.45) is 5.92 Å². The third-order valence-corrected chi connectivity index (χ3v) is 2.61. The summed E-state index contributed by atoms with van der Waals surface area (Å²) < 4.78 is 5.53. The molecule has 3 rings (SSSR count). The van der Waals surface area contributed by atoms with Crippen molar-refractivity contribution in [2.75, 3.05) is 0 Å². The Hall–Kier alpha value is -1.38. The van der Waals surface area contributed by atoms with Crippen LogP contribution in [-0.2, 0) is 0 Å². The standard InChI is InChI=1S/C10H9NO2/c12-9-7-3-4-11-5-8(7)13-10(9)6-1-2-6/h3-6,10H,1-2H2. The van der Waals surface area contributed by atoms with Crippen LogP contribution in [0.25, 0.3) is 0 Å². The van der Waals surface area contributed by atoms with Gasteiger partial charge >= 0.3 is 0 Å². The van der Waals surface area contributed by atoms with E-state index in [1.165, 1.54) is 0 Å². The van der Waals surface area contributed by atoms with Gasteiger partial charge in [0.2, 0.25) is 5.78 Å². The second-order valence-electron chi connectivity index (χ2n) is 3.61. The summed E-state index contributed by atoms with van der Waals surface area (Å²) in [5, 5.41) is 0. The SMILES string of the molecule is O=C1c2ccncc2OC1C1CC1. The number of hydrogen-bond acceptors (Lipinski definition) is 3. The quantitative estimate of drug-likeness (QED) is 0.648. The number of ether oxygens (including phenoxy) is 1. The number of carbonyl (C=O) groups is 1. The molecule has 13 heavy (non-hydrogen) atoms. The zero-order valence-electron chi connectivity index (χ0n) is 7.06. The molecule has 0 N–H and O–H groups in total. The lowest BCUT2D eigenvalue weighted by atomic mass is 10.1. The van der Waals surface area contributed by atoms with Crippen molar-refractivity contribution in [1.29, 1.82) is 0 Å². The molecule has 1 aliphatic heterocycles. The Bertz CT molecular complexity index is 371. The maximum atomic E-state index is 11.7. The first-order valence-corrected chi connectivity index (χ1v) is 4.51. The van der Waals surface area contributed by atoms with E-state index in [0.717, 1.165) is 12.8 Å². The van der Waals surface area contributed by atoms with Gasteiger partial charge in [-0.25, -0.2) is 0 Å². The van der Waals surface area contributed by atoms with E-state index in [0.29, 0.717) is 17.2 Å². The van der Waals surface area contributed by atoms with E-state index in [2.05, 4.69) is 4.98 Å². The van der Waals surface area contributed by atoms with Gasteiger partial charge in [-0.3, -0.25) is 9.78 Å². The maximum Gasteiger partial charge on any atom is 0.207 e. The second-order valence-corrected chi connectivity index (χ2v) is 3.61. The van der Waals surface area contributed by atoms with Crippen molar-refractivity contribution in [3.63, 3.8) is 0 Å². The highest BCUT2D eigenvalue weighted by Crippen LogP contribution is 2.40. The van der Waals surface area contributed by atoms with Gasteiger partial charge in [-0.05, 0) is 18.9 Å². The molecular formula is C10H9NO2. The Morgan fingerprint density at radius 1 is 1.46 bits per heavy atom. The van der Waals surface area contributed by atoms with Gasteiger partial charge in [0.25, 0.3) is 0 Å². The topological polar surface area (TPSA) is 39.2 Å². The summed E-state index contributed by atoms with van der Waals surface area (Å²) >= 11 is 0. The van der Waals surface area contributed by atoms with E-state index in [4.69, 9.17) is 4.74 Å². The lowest BCUT2D eigenvalue weighted by Gasteiger charge is -2.05. The molecule has 0 spiro atoms. The molecule has 1 atom stereocenters. The highest BCUT2D eigenvalue weighted by atomic mass is 16.5. The summed E-state index contributed by atoms with van der Waals surface area (Å²) in [6.07, 6.45) is 5.29. The lowest BCUT2D eigenvalue weighted by molar-refractivity contribution is 0.0828. The van der Waals surface area contributed by atoms with Crippen molar-refractivity contribution in [3.05, 3.63) is 24.0 Å². The fourth-order valence-corrected chi connectivity index (χ4v) is 1.73. The second kappa shape index (κ2) is 2.31.